The van der Waals surface area contributed by atoms with Gasteiger partial charge in [0, 0.05) is 18.0 Å². The quantitative estimate of drug-likeness (QED) is 0.784. The van der Waals surface area contributed by atoms with Gasteiger partial charge in [-0.15, -0.1) is 0 Å². The zero-order valence-corrected chi connectivity index (χ0v) is 8.94. The zero-order chi connectivity index (χ0) is 11.5. The number of rotatable bonds is 1. The molecular formula is C13H11N3. The SMILES string of the molecule is Cc1cc(C#N)ccc1-c1cncc(N)c1. The molecule has 0 aliphatic carbocycles. The summed E-state index contributed by atoms with van der Waals surface area (Å²) in [5, 5.41) is 8.79. The van der Waals surface area contributed by atoms with Gasteiger partial charge in [-0.05, 0) is 36.2 Å². The summed E-state index contributed by atoms with van der Waals surface area (Å²) in [6.45, 7) is 1.97. The van der Waals surface area contributed by atoms with Crippen LogP contribution in [-0.4, -0.2) is 4.98 Å². The highest BCUT2D eigenvalue weighted by atomic mass is 14.7. The summed E-state index contributed by atoms with van der Waals surface area (Å²) in [7, 11) is 0. The number of hydrogen-bond acceptors (Lipinski definition) is 3. The van der Waals surface area contributed by atoms with Crippen molar-refractivity contribution in [1.29, 1.82) is 5.26 Å². The summed E-state index contributed by atoms with van der Waals surface area (Å²) >= 11 is 0. The highest BCUT2D eigenvalue weighted by Crippen LogP contribution is 2.24. The molecule has 0 fully saturated rings. The number of hydrogen-bond donors (Lipinski definition) is 1. The van der Waals surface area contributed by atoms with Crippen molar-refractivity contribution in [2.24, 2.45) is 0 Å². The van der Waals surface area contributed by atoms with E-state index in [0.29, 0.717) is 11.3 Å². The molecule has 0 saturated heterocycles. The third kappa shape index (κ3) is 1.86. The fourth-order valence-electron chi connectivity index (χ4n) is 1.66. The minimum Gasteiger partial charge on any atom is -0.397 e. The molecule has 2 aromatic rings. The number of pyridine rings is 1. The first kappa shape index (κ1) is 10.2. The Morgan fingerprint density at radius 1 is 1.25 bits per heavy atom. The maximum atomic E-state index is 8.79. The molecule has 1 heterocycles. The van der Waals surface area contributed by atoms with Gasteiger partial charge in [0.05, 0.1) is 17.3 Å². The Morgan fingerprint density at radius 3 is 2.69 bits per heavy atom. The Labute approximate surface area is 94.2 Å². The smallest absolute Gasteiger partial charge is 0.0991 e. The standard InChI is InChI=1S/C13H11N3/c1-9-4-10(6-14)2-3-13(9)11-5-12(15)8-16-7-11/h2-5,7-8H,15H2,1H3. The van der Waals surface area contributed by atoms with Gasteiger partial charge in [-0.1, -0.05) is 6.07 Å². The predicted molar refractivity (Wildman–Crippen MR) is 63.5 cm³/mol. The minimum absolute atomic E-state index is 0.640. The number of anilines is 1. The highest BCUT2D eigenvalue weighted by molar-refractivity contribution is 5.69. The first-order valence-corrected chi connectivity index (χ1v) is 4.92. The molecule has 3 heteroatoms. The van der Waals surface area contributed by atoms with Gasteiger partial charge >= 0.3 is 0 Å². The molecule has 0 saturated carbocycles. The molecule has 0 aliphatic rings. The normalized spacial score (nSPS) is 9.75. The number of benzene rings is 1. The number of nitriles is 1. The van der Waals surface area contributed by atoms with Gasteiger partial charge in [-0.3, -0.25) is 4.98 Å². The van der Waals surface area contributed by atoms with Crippen molar-refractivity contribution in [3.8, 4) is 17.2 Å². The molecule has 2 N–H and O–H groups in total. The fourth-order valence-corrected chi connectivity index (χ4v) is 1.66. The fraction of sp³-hybridized carbons (Fsp3) is 0.0769. The van der Waals surface area contributed by atoms with Crippen LogP contribution in [0.1, 0.15) is 11.1 Å². The van der Waals surface area contributed by atoms with Crippen LogP contribution in [-0.2, 0) is 0 Å². The van der Waals surface area contributed by atoms with Crippen LogP contribution in [0.2, 0.25) is 0 Å². The molecule has 1 aromatic carbocycles. The first-order chi connectivity index (χ1) is 7.70. The Bertz CT molecular complexity index is 568. The van der Waals surface area contributed by atoms with E-state index in [1.54, 1.807) is 18.5 Å². The molecule has 16 heavy (non-hydrogen) atoms. The highest BCUT2D eigenvalue weighted by Gasteiger charge is 2.03. The predicted octanol–water partition coefficient (Wildman–Crippen LogP) is 2.51. The summed E-state index contributed by atoms with van der Waals surface area (Å²) in [5.41, 5.74) is 10.1. The van der Waals surface area contributed by atoms with Crippen LogP contribution in [0, 0.1) is 18.3 Å². The van der Waals surface area contributed by atoms with E-state index in [-0.39, 0.29) is 0 Å². The van der Waals surface area contributed by atoms with E-state index < -0.39 is 0 Å². The molecule has 0 amide bonds. The number of aryl methyl sites for hydroxylation is 1. The van der Waals surface area contributed by atoms with Gasteiger partial charge in [0.2, 0.25) is 0 Å². The van der Waals surface area contributed by atoms with E-state index in [2.05, 4.69) is 11.1 Å². The zero-order valence-electron chi connectivity index (χ0n) is 8.94. The van der Waals surface area contributed by atoms with Crippen molar-refractivity contribution in [2.45, 2.75) is 6.92 Å². The molecule has 0 bridgehead atoms. The Hall–Kier alpha value is -2.34. The van der Waals surface area contributed by atoms with Gasteiger partial charge < -0.3 is 5.73 Å². The summed E-state index contributed by atoms with van der Waals surface area (Å²) in [6, 6.07) is 9.57. The molecule has 0 unspecified atom stereocenters. The van der Waals surface area contributed by atoms with Crippen molar-refractivity contribution in [3.63, 3.8) is 0 Å². The van der Waals surface area contributed by atoms with Crippen LogP contribution in [0.25, 0.3) is 11.1 Å². The van der Waals surface area contributed by atoms with Crippen LogP contribution >= 0.6 is 0 Å². The number of nitrogens with zero attached hydrogens (tertiary/aromatic N) is 2. The average molecular weight is 209 g/mol. The first-order valence-electron chi connectivity index (χ1n) is 4.92. The van der Waals surface area contributed by atoms with Crippen molar-refractivity contribution in [1.82, 2.24) is 4.98 Å². The molecule has 78 valence electrons. The van der Waals surface area contributed by atoms with E-state index >= 15 is 0 Å². The largest absolute Gasteiger partial charge is 0.397 e. The van der Waals surface area contributed by atoms with Gasteiger partial charge in [-0.25, -0.2) is 0 Å². The number of nitrogens with two attached hydrogens (primary N) is 1. The van der Waals surface area contributed by atoms with Crippen LogP contribution in [0.5, 0.6) is 0 Å². The second kappa shape index (κ2) is 4.03. The van der Waals surface area contributed by atoms with E-state index in [9.17, 15) is 0 Å². The van der Waals surface area contributed by atoms with E-state index in [1.807, 2.05) is 25.1 Å². The molecule has 2 rings (SSSR count). The molecule has 1 aromatic heterocycles. The van der Waals surface area contributed by atoms with Gasteiger partial charge in [0.1, 0.15) is 0 Å². The molecule has 0 atom stereocenters. The lowest BCUT2D eigenvalue weighted by Gasteiger charge is -2.06. The third-order valence-electron chi connectivity index (χ3n) is 2.43. The summed E-state index contributed by atoms with van der Waals surface area (Å²) in [5.74, 6) is 0. The van der Waals surface area contributed by atoms with Crippen LogP contribution < -0.4 is 5.73 Å². The topological polar surface area (TPSA) is 62.7 Å². The van der Waals surface area contributed by atoms with Gasteiger partial charge in [0.25, 0.3) is 0 Å². The maximum absolute atomic E-state index is 8.79. The second-order valence-corrected chi connectivity index (χ2v) is 3.65. The van der Waals surface area contributed by atoms with Crippen LogP contribution in [0.3, 0.4) is 0 Å². The van der Waals surface area contributed by atoms with E-state index in [4.69, 9.17) is 11.0 Å². The van der Waals surface area contributed by atoms with Crippen molar-refractivity contribution < 1.29 is 0 Å². The molecule has 0 spiro atoms. The third-order valence-corrected chi connectivity index (χ3v) is 2.43. The molecular weight excluding hydrogens is 198 g/mol. The molecule has 0 aliphatic heterocycles. The lowest BCUT2D eigenvalue weighted by molar-refractivity contribution is 1.32. The van der Waals surface area contributed by atoms with Crippen LogP contribution in [0.4, 0.5) is 5.69 Å². The number of aromatic nitrogens is 1. The monoisotopic (exact) mass is 209 g/mol. The number of nitrogen functional groups attached to an aromatic ring is 1. The van der Waals surface area contributed by atoms with Crippen LogP contribution in [0.15, 0.2) is 36.7 Å². The Morgan fingerprint density at radius 2 is 2.06 bits per heavy atom. The maximum Gasteiger partial charge on any atom is 0.0991 e. The molecule has 0 radical (unpaired) electrons. The summed E-state index contributed by atoms with van der Waals surface area (Å²) in [4.78, 5) is 4.05. The second-order valence-electron chi connectivity index (χ2n) is 3.65. The summed E-state index contributed by atoms with van der Waals surface area (Å²) < 4.78 is 0. The summed E-state index contributed by atoms with van der Waals surface area (Å²) in [6.07, 6.45) is 3.38. The molecule has 3 nitrogen and oxygen atoms in total. The lowest BCUT2D eigenvalue weighted by atomic mass is 10.00. The minimum atomic E-state index is 0.640. The average Bonchev–Trinajstić information content (AvgIpc) is 2.28. The lowest BCUT2D eigenvalue weighted by Crippen LogP contribution is -1.90. The van der Waals surface area contributed by atoms with E-state index in [0.717, 1.165) is 16.7 Å². The Kier molecular flexibility index (Phi) is 2.57. The van der Waals surface area contributed by atoms with Gasteiger partial charge in [0.15, 0.2) is 0 Å². The van der Waals surface area contributed by atoms with E-state index in [1.165, 1.54) is 0 Å². The van der Waals surface area contributed by atoms with Gasteiger partial charge in [-0.2, -0.15) is 5.26 Å². The van der Waals surface area contributed by atoms with Crippen molar-refractivity contribution in [3.05, 3.63) is 47.8 Å². The Balaban J connectivity index is 2.53. The van der Waals surface area contributed by atoms with Crippen molar-refractivity contribution >= 4 is 5.69 Å². The van der Waals surface area contributed by atoms with Crippen molar-refractivity contribution in [2.75, 3.05) is 5.73 Å².